The summed E-state index contributed by atoms with van der Waals surface area (Å²) in [6, 6.07) is 12.9. The molecule has 8 nitrogen and oxygen atoms in total. The van der Waals surface area contributed by atoms with Crippen LogP contribution in [0.5, 0.6) is 5.75 Å². The second-order valence-electron chi connectivity index (χ2n) is 8.43. The number of thiazole rings is 1. The van der Waals surface area contributed by atoms with Crippen molar-refractivity contribution in [2.45, 2.75) is 30.5 Å². The van der Waals surface area contributed by atoms with E-state index >= 15 is 0 Å². The van der Waals surface area contributed by atoms with Crippen molar-refractivity contribution in [3.63, 3.8) is 0 Å². The van der Waals surface area contributed by atoms with Crippen LogP contribution in [0.15, 0.2) is 64.4 Å². The highest BCUT2D eigenvalue weighted by molar-refractivity contribution is 7.91. The number of ether oxygens (including phenoxy) is 1. The molecule has 1 saturated heterocycles. The van der Waals surface area contributed by atoms with Gasteiger partial charge in [-0.15, -0.1) is 11.3 Å². The summed E-state index contributed by atoms with van der Waals surface area (Å²) in [6.07, 6.45) is 4.37. The molecule has 4 heterocycles. The van der Waals surface area contributed by atoms with Gasteiger partial charge in [0.15, 0.2) is 5.13 Å². The molecule has 0 N–H and O–H groups in total. The van der Waals surface area contributed by atoms with Crippen molar-refractivity contribution in [1.82, 2.24) is 14.3 Å². The Morgan fingerprint density at radius 1 is 1.17 bits per heavy atom. The number of carbonyl (C=O) groups is 1. The van der Waals surface area contributed by atoms with Crippen LogP contribution in [-0.4, -0.2) is 48.3 Å². The average molecular weight is 543 g/mol. The largest absolute Gasteiger partial charge is 0.492 e. The lowest BCUT2D eigenvalue weighted by molar-refractivity contribution is -0.123. The van der Waals surface area contributed by atoms with Gasteiger partial charge in [-0.2, -0.15) is 4.31 Å². The van der Waals surface area contributed by atoms with Crippen LogP contribution < -0.4 is 9.64 Å². The van der Waals surface area contributed by atoms with Gasteiger partial charge >= 0.3 is 0 Å². The van der Waals surface area contributed by atoms with Gasteiger partial charge in [-0.3, -0.25) is 14.7 Å². The zero-order valence-electron chi connectivity index (χ0n) is 19.7. The molecule has 1 aliphatic rings. The number of piperidine rings is 1. The summed E-state index contributed by atoms with van der Waals surface area (Å²) < 4.78 is 34.4. The van der Waals surface area contributed by atoms with Gasteiger partial charge in [-0.05, 0) is 55.0 Å². The van der Waals surface area contributed by atoms with Gasteiger partial charge in [0.25, 0.3) is 10.0 Å². The molecule has 36 heavy (non-hydrogen) atoms. The number of hydrogen-bond donors (Lipinski definition) is 0. The quantitative estimate of drug-likeness (QED) is 0.318. The van der Waals surface area contributed by atoms with E-state index < -0.39 is 10.0 Å². The molecule has 11 heteroatoms. The number of rotatable bonds is 8. The summed E-state index contributed by atoms with van der Waals surface area (Å²) in [5.74, 6) is 0.345. The number of amides is 1. The molecule has 1 fully saturated rings. The van der Waals surface area contributed by atoms with Crippen molar-refractivity contribution in [1.29, 1.82) is 0 Å². The maximum absolute atomic E-state index is 13.9. The van der Waals surface area contributed by atoms with Crippen molar-refractivity contribution in [2.75, 3.05) is 24.6 Å². The van der Waals surface area contributed by atoms with E-state index in [0.717, 1.165) is 15.8 Å². The molecule has 0 unspecified atom stereocenters. The molecule has 1 aliphatic heterocycles. The predicted molar refractivity (Wildman–Crippen MR) is 142 cm³/mol. The maximum atomic E-state index is 13.9. The van der Waals surface area contributed by atoms with Crippen molar-refractivity contribution in [3.8, 4) is 5.75 Å². The summed E-state index contributed by atoms with van der Waals surface area (Å²) in [7, 11) is -3.52. The Morgan fingerprint density at radius 3 is 2.69 bits per heavy atom. The third-order valence-corrected chi connectivity index (χ3v) is 10.4. The van der Waals surface area contributed by atoms with E-state index in [4.69, 9.17) is 9.72 Å². The number of carbonyl (C=O) groups excluding carboxylic acids is 1. The Balaban J connectivity index is 1.40. The molecule has 4 aromatic rings. The SMILES string of the molecule is CCOc1cccc2sc(N(Cc3cccnc3)C(=O)C3CCN(S(=O)(=O)c4cccs4)CC3)nc12. The second kappa shape index (κ2) is 10.6. The van der Waals surface area contributed by atoms with Gasteiger partial charge in [-0.1, -0.05) is 29.5 Å². The first-order chi connectivity index (χ1) is 17.5. The number of fused-ring (bicyclic) bond motifs is 1. The third-order valence-electron chi connectivity index (χ3n) is 6.12. The molecule has 1 aromatic carbocycles. The zero-order valence-corrected chi connectivity index (χ0v) is 22.2. The Hall–Kier alpha value is -2.86. The summed E-state index contributed by atoms with van der Waals surface area (Å²) in [4.78, 5) is 24.6. The predicted octanol–water partition coefficient (Wildman–Crippen LogP) is 4.79. The van der Waals surface area contributed by atoms with E-state index in [1.807, 2.05) is 37.3 Å². The number of para-hydroxylation sites is 1. The van der Waals surface area contributed by atoms with Crippen LogP contribution >= 0.6 is 22.7 Å². The molecule has 188 valence electrons. The normalized spacial score (nSPS) is 15.2. The van der Waals surface area contributed by atoms with Crippen LogP contribution in [-0.2, 0) is 21.4 Å². The second-order valence-corrected chi connectivity index (χ2v) is 12.6. The monoisotopic (exact) mass is 542 g/mol. The van der Waals surface area contributed by atoms with Crippen LogP contribution in [0.4, 0.5) is 5.13 Å². The highest BCUT2D eigenvalue weighted by Crippen LogP contribution is 2.36. The molecule has 5 rings (SSSR count). The summed E-state index contributed by atoms with van der Waals surface area (Å²) in [5, 5.41) is 2.36. The van der Waals surface area contributed by atoms with Crippen LogP contribution in [0.1, 0.15) is 25.3 Å². The minimum absolute atomic E-state index is 0.0518. The number of pyridine rings is 1. The smallest absolute Gasteiger partial charge is 0.252 e. The van der Waals surface area contributed by atoms with Crippen molar-refractivity contribution in [2.24, 2.45) is 5.92 Å². The molecular weight excluding hydrogens is 517 g/mol. The van der Waals surface area contributed by atoms with Crippen LogP contribution in [0, 0.1) is 5.92 Å². The number of benzene rings is 1. The van der Waals surface area contributed by atoms with Crippen LogP contribution in [0.2, 0.25) is 0 Å². The van der Waals surface area contributed by atoms with E-state index in [-0.39, 0.29) is 11.8 Å². The lowest BCUT2D eigenvalue weighted by atomic mass is 9.96. The van der Waals surface area contributed by atoms with E-state index in [1.165, 1.54) is 27.0 Å². The maximum Gasteiger partial charge on any atom is 0.252 e. The highest BCUT2D eigenvalue weighted by atomic mass is 32.2. The molecule has 0 spiro atoms. The third kappa shape index (κ3) is 5.01. The Labute approximate surface area is 218 Å². The van der Waals surface area contributed by atoms with Crippen molar-refractivity contribution in [3.05, 3.63) is 65.8 Å². The fourth-order valence-corrected chi connectivity index (χ4v) is 7.92. The molecule has 1 amide bonds. The number of thiophene rings is 1. The number of nitrogens with zero attached hydrogens (tertiary/aromatic N) is 4. The van der Waals surface area contributed by atoms with Gasteiger partial charge in [0.05, 0.1) is 17.9 Å². The average Bonchev–Trinajstić information content (AvgIpc) is 3.59. The molecule has 0 bridgehead atoms. The summed E-state index contributed by atoms with van der Waals surface area (Å²) >= 11 is 2.66. The lowest BCUT2D eigenvalue weighted by Crippen LogP contribution is -2.44. The Bertz CT molecular complexity index is 1430. The number of anilines is 1. The minimum Gasteiger partial charge on any atom is -0.492 e. The van der Waals surface area contributed by atoms with Gasteiger partial charge < -0.3 is 4.74 Å². The molecule has 0 aliphatic carbocycles. The van der Waals surface area contributed by atoms with Gasteiger partial charge in [0, 0.05) is 31.4 Å². The molecular formula is C25H26N4O4S3. The van der Waals surface area contributed by atoms with E-state index in [0.29, 0.717) is 54.2 Å². The molecule has 0 saturated carbocycles. The Morgan fingerprint density at radius 2 is 2.00 bits per heavy atom. The first-order valence-electron chi connectivity index (χ1n) is 11.7. The van der Waals surface area contributed by atoms with E-state index in [2.05, 4.69) is 4.98 Å². The van der Waals surface area contributed by atoms with Gasteiger partial charge in [0.1, 0.15) is 15.5 Å². The first kappa shape index (κ1) is 24.8. The summed E-state index contributed by atoms with van der Waals surface area (Å²) in [6.45, 7) is 3.41. The zero-order chi connectivity index (χ0) is 25.1. The van der Waals surface area contributed by atoms with Gasteiger partial charge in [0.2, 0.25) is 5.91 Å². The number of aromatic nitrogens is 2. The topological polar surface area (TPSA) is 92.7 Å². The minimum atomic E-state index is -3.52. The van der Waals surface area contributed by atoms with Crippen LogP contribution in [0.25, 0.3) is 10.2 Å². The molecule has 3 aromatic heterocycles. The number of hydrogen-bond acceptors (Lipinski definition) is 8. The van der Waals surface area contributed by atoms with Crippen LogP contribution in [0.3, 0.4) is 0 Å². The van der Waals surface area contributed by atoms with E-state index in [1.54, 1.807) is 34.8 Å². The highest BCUT2D eigenvalue weighted by Gasteiger charge is 2.35. The molecule has 0 radical (unpaired) electrons. The van der Waals surface area contributed by atoms with Crippen molar-refractivity contribution < 1.29 is 17.9 Å². The van der Waals surface area contributed by atoms with Crippen molar-refractivity contribution >= 4 is 54.0 Å². The van der Waals surface area contributed by atoms with Gasteiger partial charge in [-0.25, -0.2) is 13.4 Å². The standard InChI is InChI=1S/C25H26N4O4S3/c1-2-33-20-7-3-8-21-23(20)27-25(35-21)29(17-18-6-4-12-26-16-18)24(30)19-10-13-28(14-11-19)36(31,32)22-9-5-15-34-22/h3-9,12,15-16,19H,2,10-11,13-14,17H2,1H3. The lowest BCUT2D eigenvalue weighted by Gasteiger charge is -2.32. The van der Waals surface area contributed by atoms with E-state index in [9.17, 15) is 13.2 Å². The summed E-state index contributed by atoms with van der Waals surface area (Å²) in [5.41, 5.74) is 1.63. The molecule has 0 atom stereocenters. The fourth-order valence-electron chi connectivity index (χ4n) is 4.31. The Kier molecular flexibility index (Phi) is 7.33. The first-order valence-corrected chi connectivity index (χ1v) is 14.9. The fraction of sp³-hybridized carbons (Fsp3) is 0.320. The number of sulfonamides is 1.